The fourth-order valence-electron chi connectivity index (χ4n) is 1.85. The molecule has 0 saturated carbocycles. The molecule has 0 fully saturated rings. The first-order chi connectivity index (χ1) is 8.41. The Balaban J connectivity index is 2.85. The third-order valence-electron chi connectivity index (χ3n) is 2.81. The molecule has 0 aliphatic carbocycles. The summed E-state index contributed by atoms with van der Waals surface area (Å²) in [5.74, 6) is -0.555. The van der Waals surface area contributed by atoms with E-state index < -0.39 is 5.97 Å². The Bertz CT molecular complexity index is 638. The largest absolute Gasteiger partial charge is 0.478 e. The molecule has 1 heterocycles. The van der Waals surface area contributed by atoms with Gasteiger partial charge in [-0.2, -0.15) is 0 Å². The number of aromatic carboxylic acids is 1. The number of carboxylic acids is 1. The van der Waals surface area contributed by atoms with Crippen molar-refractivity contribution in [2.75, 3.05) is 19.0 Å². The maximum Gasteiger partial charge on any atom is 0.339 e. The van der Waals surface area contributed by atoms with Gasteiger partial charge in [-0.3, -0.25) is 0 Å². The molecular weight excluding hydrogens is 252 g/mol. The minimum Gasteiger partial charge on any atom is -0.478 e. The molecule has 0 saturated heterocycles. The van der Waals surface area contributed by atoms with Crippen LogP contribution in [0.25, 0.3) is 10.9 Å². The molecule has 0 aliphatic heterocycles. The molecule has 18 heavy (non-hydrogen) atoms. The molecule has 0 unspecified atom stereocenters. The monoisotopic (exact) mass is 264 g/mol. The average Bonchev–Trinajstić information content (AvgIpc) is 2.32. The molecule has 0 radical (unpaired) electrons. The molecule has 0 aliphatic rings. The number of benzene rings is 1. The highest BCUT2D eigenvalue weighted by Gasteiger charge is 2.16. The molecule has 0 atom stereocenters. The molecule has 1 aromatic heterocycles. The zero-order chi connectivity index (χ0) is 13.4. The highest BCUT2D eigenvalue weighted by atomic mass is 35.5. The SMILES string of the molecule is Cc1c(Cl)ccc2cc(C(=O)O)c(N(C)C)nc12. The van der Waals surface area contributed by atoms with Crippen molar-refractivity contribution < 1.29 is 9.90 Å². The summed E-state index contributed by atoms with van der Waals surface area (Å²) in [6.45, 7) is 1.87. The van der Waals surface area contributed by atoms with Crippen LogP contribution in [0.15, 0.2) is 18.2 Å². The van der Waals surface area contributed by atoms with Crippen molar-refractivity contribution >= 4 is 34.3 Å². The predicted molar refractivity (Wildman–Crippen MR) is 72.8 cm³/mol. The fraction of sp³-hybridized carbons (Fsp3) is 0.231. The van der Waals surface area contributed by atoms with Gasteiger partial charge in [0.05, 0.1) is 5.52 Å². The number of fused-ring (bicyclic) bond motifs is 1. The molecule has 5 heteroatoms. The van der Waals surface area contributed by atoms with Crippen molar-refractivity contribution in [2.24, 2.45) is 0 Å². The Morgan fingerprint density at radius 2 is 2.06 bits per heavy atom. The zero-order valence-electron chi connectivity index (χ0n) is 10.4. The van der Waals surface area contributed by atoms with Gasteiger partial charge in [0.15, 0.2) is 0 Å². The summed E-state index contributed by atoms with van der Waals surface area (Å²) in [5.41, 5.74) is 1.78. The van der Waals surface area contributed by atoms with Crippen LogP contribution >= 0.6 is 11.6 Å². The van der Waals surface area contributed by atoms with E-state index in [1.807, 2.05) is 6.92 Å². The molecular formula is C13H13ClN2O2. The van der Waals surface area contributed by atoms with E-state index in [0.717, 1.165) is 16.5 Å². The van der Waals surface area contributed by atoms with Gasteiger partial charge in [-0.05, 0) is 24.6 Å². The number of rotatable bonds is 2. The number of anilines is 1. The smallest absolute Gasteiger partial charge is 0.339 e. The van der Waals surface area contributed by atoms with Gasteiger partial charge >= 0.3 is 5.97 Å². The summed E-state index contributed by atoms with van der Waals surface area (Å²) >= 11 is 6.05. The van der Waals surface area contributed by atoms with Crippen molar-refractivity contribution in [3.8, 4) is 0 Å². The minimum atomic E-state index is -0.985. The van der Waals surface area contributed by atoms with Crippen LogP contribution in [0.5, 0.6) is 0 Å². The first-order valence-electron chi connectivity index (χ1n) is 5.42. The Morgan fingerprint density at radius 3 is 2.61 bits per heavy atom. The highest BCUT2D eigenvalue weighted by molar-refractivity contribution is 6.32. The average molecular weight is 265 g/mol. The summed E-state index contributed by atoms with van der Waals surface area (Å²) in [4.78, 5) is 17.3. The van der Waals surface area contributed by atoms with Gasteiger partial charge in [-0.1, -0.05) is 17.7 Å². The van der Waals surface area contributed by atoms with Crippen molar-refractivity contribution in [2.45, 2.75) is 6.92 Å². The quantitative estimate of drug-likeness (QED) is 0.906. The molecule has 1 aromatic carbocycles. The van der Waals surface area contributed by atoms with Crippen molar-refractivity contribution in [1.29, 1.82) is 0 Å². The molecule has 2 aromatic rings. The molecule has 0 amide bonds. The maximum atomic E-state index is 11.2. The highest BCUT2D eigenvalue weighted by Crippen LogP contribution is 2.28. The molecule has 4 nitrogen and oxygen atoms in total. The number of hydrogen-bond acceptors (Lipinski definition) is 3. The summed E-state index contributed by atoms with van der Waals surface area (Å²) < 4.78 is 0. The van der Waals surface area contributed by atoms with E-state index in [-0.39, 0.29) is 5.56 Å². The fourth-order valence-corrected chi connectivity index (χ4v) is 2.00. The maximum absolute atomic E-state index is 11.2. The first-order valence-corrected chi connectivity index (χ1v) is 5.80. The Kier molecular flexibility index (Phi) is 3.13. The standard InChI is InChI=1S/C13H13ClN2O2/c1-7-10(14)5-4-8-6-9(13(17)18)12(16(2)3)15-11(7)8/h4-6H,1-3H3,(H,17,18). The van der Waals surface area contributed by atoms with Crippen molar-refractivity contribution in [3.05, 3.63) is 34.3 Å². The van der Waals surface area contributed by atoms with Gasteiger partial charge in [-0.15, -0.1) is 0 Å². The van der Waals surface area contributed by atoms with Crippen LogP contribution in [0.4, 0.5) is 5.82 Å². The zero-order valence-corrected chi connectivity index (χ0v) is 11.1. The summed E-state index contributed by atoms with van der Waals surface area (Å²) in [6, 6.07) is 5.16. The van der Waals surface area contributed by atoms with Gasteiger partial charge in [0.1, 0.15) is 11.4 Å². The summed E-state index contributed by atoms with van der Waals surface area (Å²) in [7, 11) is 3.53. The first kappa shape index (κ1) is 12.6. The van der Waals surface area contributed by atoms with Crippen molar-refractivity contribution in [3.63, 3.8) is 0 Å². The lowest BCUT2D eigenvalue weighted by molar-refractivity contribution is 0.0697. The third-order valence-corrected chi connectivity index (χ3v) is 3.22. The second kappa shape index (κ2) is 4.46. The number of carboxylic acid groups (broad SMARTS) is 1. The second-order valence-corrected chi connectivity index (χ2v) is 4.71. The molecule has 94 valence electrons. The molecule has 2 rings (SSSR count). The van der Waals surface area contributed by atoms with E-state index in [2.05, 4.69) is 4.98 Å². The normalized spacial score (nSPS) is 10.7. The van der Waals surface area contributed by atoms with Crippen LogP contribution in [0.3, 0.4) is 0 Å². The number of aryl methyl sites for hydroxylation is 1. The number of carbonyl (C=O) groups is 1. The summed E-state index contributed by atoms with van der Waals surface area (Å²) in [5, 5.41) is 10.6. The van der Waals surface area contributed by atoms with E-state index in [9.17, 15) is 9.90 Å². The van der Waals surface area contributed by atoms with Crippen molar-refractivity contribution in [1.82, 2.24) is 4.98 Å². The van der Waals surface area contributed by atoms with E-state index in [1.54, 1.807) is 37.2 Å². The lowest BCUT2D eigenvalue weighted by atomic mass is 10.1. The Morgan fingerprint density at radius 1 is 1.39 bits per heavy atom. The summed E-state index contributed by atoms with van der Waals surface area (Å²) in [6.07, 6.45) is 0. The van der Waals surface area contributed by atoms with Crippen LogP contribution in [-0.4, -0.2) is 30.2 Å². The van der Waals surface area contributed by atoms with E-state index >= 15 is 0 Å². The van der Waals surface area contributed by atoms with Crippen LogP contribution < -0.4 is 4.90 Å². The van der Waals surface area contributed by atoms with Gasteiger partial charge in [0.2, 0.25) is 0 Å². The Labute approximate surface area is 110 Å². The minimum absolute atomic E-state index is 0.189. The topological polar surface area (TPSA) is 53.4 Å². The number of hydrogen-bond donors (Lipinski definition) is 1. The lowest BCUT2D eigenvalue weighted by Gasteiger charge is -2.16. The molecule has 1 N–H and O–H groups in total. The Hall–Kier alpha value is -1.81. The van der Waals surface area contributed by atoms with Gasteiger partial charge in [0, 0.05) is 24.5 Å². The number of aromatic nitrogens is 1. The number of nitrogens with zero attached hydrogens (tertiary/aromatic N) is 2. The number of pyridine rings is 1. The van der Waals surface area contributed by atoms with E-state index in [1.165, 1.54) is 0 Å². The predicted octanol–water partition coefficient (Wildman–Crippen LogP) is 2.96. The van der Waals surface area contributed by atoms with Crippen LogP contribution in [0.2, 0.25) is 5.02 Å². The van der Waals surface area contributed by atoms with E-state index in [0.29, 0.717) is 10.8 Å². The van der Waals surface area contributed by atoms with Gasteiger partial charge in [0.25, 0.3) is 0 Å². The van der Waals surface area contributed by atoms with Crippen LogP contribution in [-0.2, 0) is 0 Å². The van der Waals surface area contributed by atoms with E-state index in [4.69, 9.17) is 11.6 Å². The third kappa shape index (κ3) is 1.99. The van der Waals surface area contributed by atoms with Gasteiger partial charge < -0.3 is 10.0 Å². The van der Waals surface area contributed by atoms with Crippen LogP contribution in [0.1, 0.15) is 15.9 Å². The number of halogens is 1. The second-order valence-electron chi connectivity index (χ2n) is 4.30. The van der Waals surface area contributed by atoms with Crippen LogP contribution in [0, 0.1) is 6.92 Å². The molecule has 0 bridgehead atoms. The van der Waals surface area contributed by atoms with Gasteiger partial charge in [-0.25, -0.2) is 9.78 Å². The molecule has 0 spiro atoms. The lowest BCUT2D eigenvalue weighted by Crippen LogP contribution is -2.16.